The highest BCUT2D eigenvalue weighted by Gasteiger charge is 2.20. The summed E-state index contributed by atoms with van der Waals surface area (Å²) in [5.41, 5.74) is 1.42. The van der Waals surface area contributed by atoms with E-state index < -0.39 is 10.8 Å². The summed E-state index contributed by atoms with van der Waals surface area (Å²) in [5, 5.41) is -0.284. The summed E-state index contributed by atoms with van der Waals surface area (Å²) in [6.45, 7) is 3.85. The summed E-state index contributed by atoms with van der Waals surface area (Å²) in [7, 11) is -0.855. The molecular formula is C14H17BrClFN2OS. The van der Waals surface area contributed by atoms with Crippen LogP contribution in [0.15, 0.2) is 16.6 Å². The van der Waals surface area contributed by atoms with Crippen LogP contribution >= 0.6 is 27.5 Å². The van der Waals surface area contributed by atoms with Crippen LogP contribution in [0.3, 0.4) is 0 Å². The predicted octanol–water partition coefficient (Wildman–Crippen LogP) is 4.57. The lowest BCUT2D eigenvalue weighted by Gasteiger charge is -2.18. The zero-order valence-electron chi connectivity index (χ0n) is 12.1. The second-order valence-corrected chi connectivity index (χ2v) is 8.19. The van der Waals surface area contributed by atoms with Crippen LogP contribution in [0.4, 0.5) is 4.39 Å². The highest BCUT2D eigenvalue weighted by Crippen LogP contribution is 2.31. The van der Waals surface area contributed by atoms with Crippen molar-refractivity contribution in [2.24, 2.45) is 0 Å². The Kier molecular flexibility index (Phi) is 5.43. The van der Waals surface area contributed by atoms with E-state index in [2.05, 4.69) is 20.9 Å². The van der Waals surface area contributed by atoms with E-state index in [0.29, 0.717) is 27.1 Å². The highest BCUT2D eigenvalue weighted by atomic mass is 79.9. The minimum absolute atomic E-state index is 0.0516. The maximum absolute atomic E-state index is 13.8. The number of halogens is 3. The number of fused-ring (bicyclic) bond motifs is 1. The van der Waals surface area contributed by atoms with Crippen LogP contribution in [0.5, 0.6) is 0 Å². The third-order valence-electron chi connectivity index (χ3n) is 3.38. The molecule has 1 aromatic carbocycles. The molecule has 0 spiro atoms. The van der Waals surface area contributed by atoms with Gasteiger partial charge in [-0.15, -0.1) is 11.6 Å². The van der Waals surface area contributed by atoms with Crippen molar-refractivity contribution >= 4 is 49.4 Å². The maximum atomic E-state index is 13.8. The van der Waals surface area contributed by atoms with E-state index in [1.165, 1.54) is 6.07 Å². The van der Waals surface area contributed by atoms with Crippen molar-refractivity contribution < 1.29 is 8.60 Å². The molecule has 0 amide bonds. The van der Waals surface area contributed by atoms with Crippen molar-refractivity contribution in [3.8, 4) is 0 Å². The fourth-order valence-corrected chi connectivity index (χ4v) is 3.48. The number of aromatic nitrogens is 2. The second-order valence-electron chi connectivity index (χ2n) is 5.13. The molecule has 0 radical (unpaired) electrons. The minimum Gasteiger partial charge on any atom is -0.324 e. The Labute approximate surface area is 139 Å². The number of hydrogen-bond acceptors (Lipinski definition) is 2. The molecule has 21 heavy (non-hydrogen) atoms. The number of benzene rings is 1. The SMILES string of the molecule is CC(Cl)c1nc2cc(Br)c(F)cc2n1C(C)CCS(C)=O. The monoisotopic (exact) mass is 394 g/mol. The van der Waals surface area contributed by atoms with E-state index >= 15 is 0 Å². The van der Waals surface area contributed by atoms with E-state index in [4.69, 9.17) is 11.6 Å². The Morgan fingerprint density at radius 1 is 1.48 bits per heavy atom. The molecular weight excluding hydrogens is 379 g/mol. The smallest absolute Gasteiger partial charge is 0.139 e. The minimum atomic E-state index is -0.855. The predicted molar refractivity (Wildman–Crippen MR) is 89.9 cm³/mol. The van der Waals surface area contributed by atoms with E-state index in [0.717, 1.165) is 6.42 Å². The van der Waals surface area contributed by atoms with Crippen LogP contribution in [0.1, 0.15) is 37.5 Å². The molecule has 3 unspecified atom stereocenters. The lowest BCUT2D eigenvalue weighted by atomic mass is 10.2. The average molecular weight is 396 g/mol. The molecule has 2 aromatic rings. The average Bonchev–Trinajstić information content (AvgIpc) is 2.75. The molecule has 1 aromatic heterocycles. The van der Waals surface area contributed by atoms with Crippen LogP contribution in [-0.2, 0) is 10.8 Å². The molecule has 1 heterocycles. The van der Waals surface area contributed by atoms with E-state index in [-0.39, 0.29) is 17.2 Å². The summed E-state index contributed by atoms with van der Waals surface area (Å²) >= 11 is 9.39. The summed E-state index contributed by atoms with van der Waals surface area (Å²) < 4.78 is 27.5. The number of alkyl halides is 1. The van der Waals surface area contributed by atoms with E-state index in [9.17, 15) is 8.60 Å². The Morgan fingerprint density at radius 3 is 2.71 bits per heavy atom. The van der Waals surface area contributed by atoms with E-state index in [1.54, 1.807) is 12.3 Å². The fourth-order valence-electron chi connectivity index (χ4n) is 2.32. The molecule has 0 saturated carbocycles. The van der Waals surface area contributed by atoms with Gasteiger partial charge in [-0.25, -0.2) is 9.37 Å². The van der Waals surface area contributed by atoms with Gasteiger partial charge in [0.2, 0.25) is 0 Å². The highest BCUT2D eigenvalue weighted by molar-refractivity contribution is 9.10. The Hall–Kier alpha value is -0.460. The van der Waals surface area contributed by atoms with E-state index in [1.807, 2.05) is 18.4 Å². The normalized spacial score (nSPS) is 16.1. The number of rotatable bonds is 5. The van der Waals surface area contributed by atoms with Crippen molar-refractivity contribution in [3.05, 3.63) is 28.2 Å². The van der Waals surface area contributed by atoms with Crippen molar-refractivity contribution in [1.82, 2.24) is 9.55 Å². The molecule has 7 heteroatoms. The summed E-state index contributed by atoms with van der Waals surface area (Å²) in [4.78, 5) is 4.52. The first-order valence-electron chi connectivity index (χ1n) is 6.62. The molecule has 2 rings (SSSR count). The standard InChI is InChI=1S/C14H17BrClFN2OS/c1-8(4-5-21(3)20)19-13-7-11(17)10(15)6-12(13)18-14(19)9(2)16/h6-9H,4-5H2,1-3H3. The zero-order chi connectivity index (χ0) is 15.7. The second kappa shape index (κ2) is 6.75. The molecule has 0 N–H and O–H groups in total. The van der Waals surface area contributed by atoms with Crippen LogP contribution < -0.4 is 0 Å². The molecule has 3 nitrogen and oxygen atoms in total. The molecule has 3 atom stereocenters. The largest absolute Gasteiger partial charge is 0.324 e. The van der Waals surface area contributed by atoms with Gasteiger partial charge < -0.3 is 4.57 Å². The maximum Gasteiger partial charge on any atom is 0.139 e. The van der Waals surface area contributed by atoms with Gasteiger partial charge in [0, 0.05) is 34.9 Å². The summed E-state index contributed by atoms with van der Waals surface area (Å²) in [6, 6.07) is 3.18. The molecule has 0 aliphatic rings. The van der Waals surface area contributed by atoms with Gasteiger partial charge in [0.25, 0.3) is 0 Å². The number of imidazole rings is 1. The van der Waals surface area contributed by atoms with Gasteiger partial charge in [-0.2, -0.15) is 0 Å². The van der Waals surface area contributed by atoms with Crippen LogP contribution in [0.2, 0.25) is 0 Å². The van der Waals surface area contributed by atoms with Crippen molar-refractivity contribution in [1.29, 1.82) is 0 Å². The fraction of sp³-hybridized carbons (Fsp3) is 0.500. The third kappa shape index (κ3) is 3.66. The van der Waals surface area contributed by atoms with Crippen molar-refractivity contribution in [3.63, 3.8) is 0 Å². The van der Waals surface area contributed by atoms with Crippen molar-refractivity contribution in [2.45, 2.75) is 31.7 Å². The first kappa shape index (κ1) is 16.9. The Balaban J connectivity index is 2.55. The van der Waals surface area contributed by atoms with Crippen LogP contribution in [0.25, 0.3) is 11.0 Å². The Bertz CT molecular complexity index is 689. The Morgan fingerprint density at radius 2 is 2.14 bits per heavy atom. The first-order chi connectivity index (χ1) is 9.81. The molecule has 0 aliphatic heterocycles. The molecule has 116 valence electrons. The number of hydrogen-bond donors (Lipinski definition) is 0. The van der Waals surface area contributed by atoms with Crippen molar-refractivity contribution in [2.75, 3.05) is 12.0 Å². The lowest BCUT2D eigenvalue weighted by molar-refractivity contribution is 0.522. The summed E-state index contributed by atoms with van der Waals surface area (Å²) in [5.74, 6) is 0.970. The van der Waals surface area contributed by atoms with Gasteiger partial charge in [-0.05, 0) is 42.3 Å². The molecule has 0 bridgehead atoms. The molecule has 0 fully saturated rings. The van der Waals surface area contributed by atoms with Gasteiger partial charge >= 0.3 is 0 Å². The van der Waals surface area contributed by atoms with Gasteiger partial charge in [-0.1, -0.05) is 0 Å². The van der Waals surface area contributed by atoms with Gasteiger partial charge in [0.1, 0.15) is 11.6 Å². The summed E-state index contributed by atoms with van der Waals surface area (Å²) in [6.07, 6.45) is 2.41. The van der Waals surface area contributed by atoms with Crippen LogP contribution in [-0.4, -0.2) is 25.8 Å². The zero-order valence-corrected chi connectivity index (χ0v) is 15.2. The van der Waals surface area contributed by atoms with Gasteiger partial charge in [-0.3, -0.25) is 4.21 Å². The first-order valence-corrected chi connectivity index (χ1v) is 9.58. The van der Waals surface area contributed by atoms with Gasteiger partial charge in [0.05, 0.1) is 20.9 Å². The topological polar surface area (TPSA) is 34.9 Å². The van der Waals surface area contributed by atoms with Gasteiger partial charge in [0.15, 0.2) is 0 Å². The lowest BCUT2D eigenvalue weighted by Crippen LogP contribution is -2.12. The van der Waals surface area contributed by atoms with Crippen LogP contribution in [0, 0.1) is 5.82 Å². The third-order valence-corrected chi connectivity index (χ3v) is 4.99. The molecule has 0 saturated heterocycles. The molecule has 0 aliphatic carbocycles. The quantitative estimate of drug-likeness (QED) is 0.695. The number of nitrogens with zero attached hydrogens (tertiary/aromatic N) is 2.